The maximum Gasteiger partial charge on any atom is 0.265 e. The Morgan fingerprint density at radius 1 is 1.15 bits per heavy atom. The van der Waals surface area contributed by atoms with Gasteiger partial charge in [0.1, 0.15) is 11.6 Å². The number of hydrogen-bond acceptors (Lipinski definition) is 4. The van der Waals surface area contributed by atoms with Crippen molar-refractivity contribution in [3.63, 3.8) is 0 Å². The smallest absolute Gasteiger partial charge is 0.265 e. The summed E-state index contributed by atoms with van der Waals surface area (Å²) in [5.74, 6) is -0.585. The first kappa shape index (κ1) is 18.1. The topological polar surface area (TPSA) is 63.7 Å². The first-order valence-electron chi connectivity index (χ1n) is 8.02. The van der Waals surface area contributed by atoms with Gasteiger partial charge in [0, 0.05) is 11.1 Å². The molecule has 2 aromatic rings. The number of aryl methyl sites for hydroxylation is 1. The van der Waals surface area contributed by atoms with Crippen LogP contribution in [0.1, 0.15) is 5.56 Å². The van der Waals surface area contributed by atoms with Crippen LogP contribution in [0.2, 0.25) is 0 Å². The normalized spacial score (nSPS) is 17.8. The van der Waals surface area contributed by atoms with E-state index in [4.69, 9.17) is 4.74 Å². The highest BCUT2D eigenvalue weighted by atomic mass is 32.2. The number of nitrogens with zero attached hydrogens (tertiary/aromatic N) is 1. The van der Waals surface area contributed by atoms with Crippen molar-refractivity contribution < 1.29 is 22.3 Å². The molecule has 2 aromatic carbocycles. The monoisotopic (exact) mass is 375 g/mol. The van der Waals surface area contributed by atoms with E-state index in [9.17, 15) is 17.6 Å². The molecule has 26 heavy (non-hydrogen) atoms. The zero-order valence-corrected chi connectivity index (χ0v) is 14.9. The maximum atomic E-state index is 12.9. The second kappa shape index (κ2) is 7.29. The van der Waals surface area contributed by atoms with Gasteiger partial charge in [-0.25, -0.2) is 12.8 Å². The third-order valence-corrected chi connectivity index (χ3v) is 5.38. The minimum Gasteiger partial charge on any atom is -0.484 e. The lowest BCUT2D eigenvalue weighted by molar-refractivity contribution is -0.120. The Bertz CT molecular complexity index is 921. The summed E-state index contributed by atoms with van der Waals surface area (Å²) in [5, 5.41) is 1.13. The summed E-state index contributed by atoms with van der Waals surface area (Å²) in [6.45, 7) is 1.64. The van der Waals surface area contributed by atoms with E-state index in [0.717, 1.165) is 11.0 Å². The fraction of sp³-hybridized carbons (Fsp3) is 0.211. The predicted molar refractivity (Wildman–Crippen MR) is 97.3 cm³/mol. The fourth-order valence-electron chi connectivity index (χ4n) is 2.69. The standard InChI is InChI=1S/C19H18FNO4S/c1-14-2-6-16(7-3-14)21(17-10-11-26(23,24)13-17)19(22)12-25-18-8-4-15(20)5-9-18/h2-11,17H,12-13H2,1H3. The van der Waals surface area contributed by atoms with Crippen molar-refractivity contribution >= 4 is 21.4 Å². The minimum absolute atomic E-state index is 0.164. The molecule has 3 rings (SSSR count). The van der Waals surface area contributed by atoms with Crippen molar-refractivity contribution in [2.75, 3.05) is 17.3 Å². The summed E-state index contributed by atoms with van der Waals surface area (Å²) in [4.78, 5) is 14.2. The molecule has 1 aliphatic heterocycles. The van der Waals surface area contributed by atoms with Gasteiger partial charge in [-0.2, -0.15) is 0 Å². The number of ether oxygens (including phenoxy) is 1. The molecule has 1 atom stereocenters. The summed E-state index contributed by atoms with van der Waals surface area (Å²) in [7, 11) is -3.32. The van der Waals surface area contributed by atoms with Crippen molar-refractivity contribution in [3.8, 4) is 5.75 Å². The van der Waals surface area contributed by atoms with Gasteiger partial charge in [-0.05, 0) is 49.4 Å². The molecule has 0 N–H and O–H groups in total. The number of carbonyl (C=O) groups excluding carboxylic acids is 1. The Morgan fingerprint density at radius 2 is 1.81 bits per heavy atom. The van der Waals surface area contributed by atoms with Gasteiger partial charge in [-0.3, -0.25) is 4.79 Å². The lowest BCUT2D eigenvalue weighted by Crippen LogP contribution is -2.43. The van der Waals surface area contributed by atoms with Crippen LogP contribution in [-0.4, -0.2) is 32.7 Å². The number of sulfone groups is 1. The fourth-order valence-corrected chi connectivity index (χ4v) is 3.96. The highest BCUT2D eigenvalue weighted by Crippen LogP contribution is 2.24. The highest BCUT2D eigenvalue weighted by molar-refractivity contribution is 7.94. The SMILES string of the molecule is Cc1ccc(N(C(=O)COc2ccc(F)cc2)C2C=CS(=O)(=O)C2)cc1. The van der Waals surface area contributed by atoms with Crippen molar-refractivity contribution in [1.82, 2.24) is 0 Å². The number of carbonyl (C=O) groups is 1. The molecule has 0 radical (unpaired) electrons. The number of amides is 1. The Labute approximate surface area is 151 Å². The lowest BCUT2D eigenvalue weighted by Gasteiger charge is -2.27. The highest BCUT2D eigenvalue weighted by Gasteiger charge is 2.31. The van der Waals surface area contributed by atoms with Crippen LogP contribution in [0.4, 0.5) is 10.1 Å². The number of halogens is 1. The molecule has 0 saturated carbocycles. The van der Waals surface area contributed by atoms with Crippen LogP contribution in [-0.2, 0) is 14.6 Å². The van der Waals surface area contributed by atoms with Crippen molar-refractivity contribution in [1.29, 1.82) is 0 Å². The zero-order chi connectivity index (χ0) is 18.7. The molecule has 1 unspecified atom stereocenters. The van der Waals surface area contributed by atoms with Gasteiger partial charge in [0.2, 0.25) is 0 Å². The second-order valence-electron chi connectivity index (χ2n) is 6.07. The summed E-state index contributed by atoms with van der Waals surface area (Å²) < 4.78 is 41.9. The van der Waals surface area contributed by atoms with Gasteiger partial charge in [-0.1, -0.05) is 17.7 Å². The molecule has 0 bridgehead atoms. The van der Waals surface area contributed by atoms with E-state index in [1.54, 1.807) is 12.1 Å². The molecule has 0 saturated heterocycles. The Balaban J connectivity index is 1.80. The van der Waals surface area contributed by atoms with Crippen LogP contribution < -0.4 is 9.64 Å². The van der Waals surface area contributed by atoms with Gasteiger partial charge < -0.3 is 9.64 Å². The van der Waals surface area contributed by atoms with Crippen molar-refractivity contribution in [2.45, 2.75) is 13.0 Å². The second-order valence-corrected chi connectivity index (χ2v) is 8.00. The summed E-state index contributed by atoms with van der Waals surface area (Å²) in [6.07, 6.45) is 1.50. The largest absolute Gasteiger partial charge is 0.484 e. The van der Waals surface area contributed by atoms with E-state index >= 15 is 0 Å². The van der Waals surface area contributed by atoms with E-state index in [-0.39, 0.29) is 18.3 Å². The van der Waals surface area contributed by atoms with E-state index in [1.165, 1.54) is 35.2 Å². The number of benzene rings is 2. The summed E-state index contributed by atoms with van der Waals surface area (Å²) >= 11 is 0. The molecule has 5 nitrogen and oxygen atoms in total. The molecular weight excluding hydrogens is 357 g/mol. The number of anilines is 1. The Hall–Kier alpha value is -2.67. The van der Waals surface area contributed by atoms with Crippen LogP contribution >= 0.6 is 0 Å². The van der Waals surface area contributed by atoms with Crippen LogP contribution in [0, 0.1) is 12.7 Å². The number of rotatable bonds is 5. The third-order valence-electron chi connectivity index (χ3n) is 4.00. The molecule has 7 heteroatoms. The van der Waals surface area contributed by atoms with E-state index < -0.39 is 21.7 Å². The molecule has 1 heterocycles. The quantitative estimate of drug-likeness (QED) is 0.806. The van der Waals surface area contributed by atoms with Gasteiger partial charge in [0.25, 0.3) is 5.91 Å². The molecule has 0 aromatic heterocycles. The Kier molecular flexibility index (Phi) is 5.08. The van der Waals surface area contributed by atoms with Gasteiger partial charge >= 0.3 is 0 Å². The molecule has 0 spiro atoms. The minimum atomic E-state index is -3.32. The Morgan fingerprint density at radius 3 is 2.38 bits per heavy atom. The molecule has 136 valence electrons. The number of hydrogen-bond donors (Lipinski definition) is 0. The van der Waals surface area contributed by atoms with E-state index in [2.05, 4.69) is 0 Å². The van der Waals surface area contributed by atoms with Crippen molar-refractivity contribution in [3.05, 3.63) is 71.4 Å². The molecule has 0 aliphatic carbocycles. The van der Waals surface area contributed by atoms with Crippen LogP contribution in [0.25, 0.3) is 0 Å². The first-order chi connectivity index (χ1) is 12.3. The molecular formula is C19H18FNO4S. The summed E-state index contributed by atoms with van der Waals surface area (Å²) in [6, 6.07) is 12.0. The van der Waals surface area contributed by atoms with Crippen LogP contribution in [0.3, 0.4) is 0 Å². The molecule has 1 amide bonds. The summed E-state index contributed by atoms with van der Waals surface area (Å²) in [5.41, 5.74) is 1.62. The average molecular weight is 375 g/mol. The predicted octanol–water partition coefficient (Wildman–Crippen LogP) is 2.86. The zero-order valence-electron chi connectivity index (χ0n) is 14.1. The van der Waals surface area contributed by atoms with Crippen LogP contribution in [0.5, 0.6) is 5.75 Å². The molecule has 0 fully saturated rings. The maximum absolute atomic E-state index is 12.9. The van der Waals surface area contributed by atoms with Gasteiger partial charge in [0.05, 0.1) is 11.8 Å². The van der Waals surface area contributed by atoms with Crippen LogP contribution in [0.15, 0.2) is 60.0 Å². The van der Waals surface area contributed by atoms with Gasteiger partial charge in [0.15, 0.2) is 16.4 Å². The first-order valence-corrected chi connectivity index (χ1v) is 9.74. The van der Waals surface area contributed by atoms with E-state index in [0.29, 0.717) is 11.4 Å². The average Bonchev–Trinajstić information content (AvgIpc) is 2.96. The molecule has 1 aliphatic rings. The third kappa shape index (κ3) is 4.29. The van der Waals surface area contributed by atoms with Gasteiger partial charge in [-0.15, -0.1) is 0 Å². The van der Waals surface area contributed by atoms with Crippen molar-refractivity contribution in [2.24, 2.45) is 0 Å². The van der Waals surface area contributed by atoms with E-state index in [1.807, 2.05) is 19.1 Å². The lowest BCUT2D eigenvalue weighted by atomic mass is 10.1.